The third kappa shape index (κ3) is 2.71. The van der Waals surface area contributed by atoms with Gasteiger partial charge in [0, 0.05) is 0 Å². The molecule has 0 fully saturated rings. The fourth-order valence-corrected chi connectivity index (χ4v) is 0.722. The quantitative estimate of drug-likeness (QED) is 0.404. The van der Waals surface area contributed by atoms with Gasteiger partial charge in [-0.3, -0.25) is 0 Å². The van der Waals surface area contributed by atoms with Gasteiger partial charge in [-0.25, -0.2) is 9.18 Å². The van der Waals surface area contributed by atoms with Crippen LogP contribution in [0.2, 0.25) is 0 Å². The molecule has 13 heavy (non-hydrogen) atoms. The molecule has 0 saturated heterocycles. The molecule has 0 radical (unpaired) electrons. The zero-order chi connectivity index (χ0) is 9.68. The van der Waals surface area contributed by atoms with Crippen LogP contribution in [0.3, 0.4) is 0 Å². The van der Waals surface area contributed by atoms with Gasteiger partial charge in [-0.15, -0.1) is 0 Å². The number of esters is 1. The van der Waals surface area contributed by atoms with Crippen LogP contribution in [-0.2, 0) is 4.79 Å². The van der Waals surface area contributed by atoms with E-state index in [0.29, 0.717) is 5.75 Å². The predicted molar refractivity (Wildman–Crippen MR) is 47.2 cm³/mol. The smallest absolute Gasteiger partial charge is 0.341 e. The van der Waals surface area contributed by atoms with Gasteiger partial charge in [0.1, 0.15) is 12.4 Å². The molecule has 0 bridgehead atoms. The van der Waals surface area contributed by atoms with Crippen LogP contribution in [-0.4, -0.2) is 12.6 Å². The lowest BCUT2D eigenvalue weighted by atomic mass is 10.3. The molecule has 0 aliphatic rings. The van der Waals surface area contributed by atoms with Crippen LogP contribution in [0.15, 0.2) is 42.5 Å². The Labute approximate surface area is 75.6 Å². The number of benzene rings is 1. The molecule has 0 atom stereocenters. The van der Waals surface area contributed by atoms with E-state index in [2.05, 4.69) is 6.58 Å². The van der Waals surface area contributed by atoms with E-state index in [-0.39, 0.29) is 5.57 Å². The summed E-state index contributed by atoms with van der Waals surface area (Å²) < 4.78 is 16.7. The molecule has 0 aliphatic carbocycles. The number of carbonyl (C=O) groups excluding carboxylic acids is 1. The Kier molecular flexibility index (Phi) is 3.20. The third-order valence-electron chi connectivity index (χ3n) is 1.40. The normalized spacial score (nSPS) is 9.31. The van der Waals surface area contributed by atoms with E-state index >= 15 is 0 Å². The second-order valence-corrected chi connectivity index (χ2v) is 2.44. The zero-order valence-electron chi connectivity index (χ0n) is 7.00. The lowest BCUT2D eigenvalue weighted by molar-refractivity contribution is -0.130. The number of halogens is 1. The highest BCUT2D eigenvalue weighted by Gasteiger charge is 2.08. The van der Waals surface area contributed by atoms with Crippen LogP contribution in [0.25, 0.3) is 0 Å². The van der Waals surface area contributed by atoms with Crippen molar-refractivity contribution in [1.29, 1.82) is 0 Å². The monoisotopic (exact) mass is 180 g/mol. The van der Waals surface area contributed by atoms with E-state index in [0.717, 1.165) is 0 Å². The topological polar surface area (TPSA) is 26.3 Å². The minimum atomic E-state index is -0.883. The van der Waals surface area contributed by atoms with Crippen molar-refractivity contribution in [3.63, 3.8) is 0 Å². The molecule has 1 rings (SSSR count). The van der Waals surface area contributed by atoms with Crippen LogP contribution in [0.4, 0.5) is 4.39 Å². The van der Waals surface area contributed by atoms with E-state index < -0.39 is 12.6 Å². The van der Waals surface area contributed by atoms with Gasteiger partial charge in [0.05, 0.1) is 5.57 Å². The Bertz CT molecular complexity index is 306. The maximum absolute atomic E-state index is 11.9. The standard InChI is InChI=1S/C10H9FO2/c1-8(7-11)10(12)13-9-5-3-2-4-6-9/h2-6H,1,7H2. The number of carbonyl (C=O) groups is 1. The molecule has 1 aromatic rings. The number of hydrogen-bond acceptors (Lipinski definition) is 2. The molecular formula is C10H9FO2. The van der Waals surface area contributed by atoms with Crippen molar-refractivity contribution < 1.29 is 13.9 Å². The number of ether oxygens (including phenoxy) is 1. The average Bonchev–Trinajstić information content (AvgIpc) is 2.18. The summed E-state index contributed by atoms with van der Waals surface area (Å²) in [4.78, 5) is 11.0. The maximum atomic E-state index is 11.9. The Balaban J connectivity index is 2.60. The van der Waals surface area contributed by atoms with Crippen molar-refractivity contribution in [1.82, 2.24) is 0 Å². The first-order valence-corrected chi connectivity index (χ1v) is 3.75. The minimum Gasteiger partial charge on any atom is -0.423 e. The molecule has 68 valence electrons. The van der Waals surface area contributed by atoms with Crippen LogP contribution < -0.4 is 4.74 Å². The third-order valence-corrected chi connectivity index (χ3v) is 1.40. The van der Waals surface area contributed by atoms with E-state index in [4.69, 9.17) is 4.74 Å². The summed E-state index contributed by atoms with van der Waals surface area (Å²) in [6.07, 6.45) is 0. The first-order valence-electron chi connectivity index (χ1n) is 3.75. The summed E-state index contributed by atoms with van der Waals surface area (Å²) in [6, 6.07) is 8.47. The summed E-state index contributed by atoms with van der Waals surface area (Å²) in [7, 11) is 0. The second-order valence-electron chi connectivity index (χ2n) is 2.44. The molecule has 0 amide bonds. The highest BCUT2D eigenvalue weighted by atomic mass is 19.1. The predicted octanol–water partition coefficient (Wildman–Crippen LogP) is 2.12. The van der Waals surface area contributed by atoms with Crippen LogP contribution >= 0.6 is 0 Å². The van der Waals surface area contributed by atoms with Gasteiger partial charge in [-0.05, 0) is 12.1 Å². The maximum Gasteiger partial charge on any atom is 0.341 e. The van der Waals surface area contributed by atoms with Crippen molar-refractivity contribution in [2.24, 2.45) is 0 Å². The van der Waals surface area contributed by atoms with E-state index in [1.807, 2.05) is 0 Å². The highest BCUT2D eigenvalue weighted by molar-refractivity contribution is 5.89. The molecule has 0 heterocycles. The zero-order valence-corrected chi connectivity index (χ0v) is 7.00. The number of para-hydroxylation sites is 1. The molecule has 3 heteroatoms. The van der Waals surface area contributed by atoms with Gasteiger partial charge >= 0.3 is 5.97 Å². The first-order chi connectivity index (χ1) is 6.24. The van der Waals surface area contributed by atoms with Crippen LogP contribution in [0.5, 0.6) is 5.75 Å². The Morgan fingerprint density at radius 3 is 2.54 bits per heavy atom. The Morgan fingerprint density at radius 2 is 2.00 bits per heavy atom. The van der Waals surface area contributed by atoms with Crippen LogP contribution in [0, 0.1) is 0 Å². The molecule has 0 N–H and O–H groups in total. The fourth-order valence-electron chi connectivity index (χ4n) is 0.722. The van der Waals surface area contributed by atoms with Gasteiger partial charge < -0.3 is 4.74 Å². The van der Waals surface area contributed by atoms with Crippen molar-refractivity contribution in [2.45, 2.75) is 0 Å². The number of rotatable bonds is 3. The lowest BCUT2D eigenvalue weighted by Gasteiger charge is -2.02. The fraction of sp³-hybridized carbons (Fsp3) is 0.100. The van der Waals surface area contributed by atoms with Gasteiger partial charge in [-0.2, -0.15) is 0 Å². The molecular weight excluding hydrogens is 171 g/mol. The molecule has 0 aliphatic heterocycles. The molecule has 0 unspecified atom stereocenters. The van der Waals surface area contributed by atoms with Crippen molar-refractivity contribution in [3.8, 4) is 5.75 Å². The van der Waals surface area contributed by atoms with Crippen molar-refractivity contribution in [2.75, 3.05) is 6.67 Å². The molecule has 0 saturated carbocycles. The molecule has 0 aromatic heterocycles. The summed E-state index contributed by atoms with van der Waals surface area (Å²) >= 11 is 0. The van der Waals surface area contributed by atoms with Crippen molar-refractivity contribution >= 4 is 5.97 Å². The molecule has 2 nitrogen and oxygen atoms in total. The average molecular weight is 180 g/mol. The van der Waals surface area contributed by atoms with Gasteiger partial charge in [0.2, 0.25) is 0 Å². The summed E-state index contributed by atoms with van der Waals surface area (Å²) in [5, 5.41) is 0. The van der Waals surface area contributed by atoms with Crippen LogP contribution in [0.1, 0.15) is 0 Å². The van der Waals surface area contributed by atoms with Gasteiger partial charge in [-0.1, -0.05) is 24.8 Å². The summed E-state index contributed by atoms with van der Waals surface area (Å²) in [5.41, 5.74) is -0.177. The van der Waals surface area contributed by atoms with E-state index in [1.165, 1.54) is 0 Å². The highest BCUT2D eigenvalue weighted by Crippen LogP contribution is 2.10. The minimum absolute atomic E-state index is 0.177. The summed E-state index contributed by atoms with van der Waals surface area (Å²) in [6.45, 7) is 2.34. The molecule has 1 aromatic carbocycles. The van der Waals surface area contributed by atoms with Gasteiger partial charge in [0.25, 0.3) is 0 Å². The lowest BCUT2D eigenvalue weighted by Crippen LogP contribution is -2.11. The largest absolute Gasteiger partial charge is 0.423 e. The Hall–Kier alpha value is -1.64. The van der Waals surface area contributed by atoms with Gasteiger partial charge in [0.15, 0.2) is 0 Å². The summed E-state index contributed by atoms with van der Waals surface area (Å²) in [5.74, 6) is -0.337. The number of alkyl halides is 1. The number of hydrogen-bond donors (Lipinski definition) is 0. The molecule has 0 spiro atoms. The SMILES string of the molecule is C=C(CF)C(=O)Oc1ccccc1. The Morgan fingerprint density at radius 1 is 1.38 bits per heavy atom. The second kappa shape index (κ2) is 4.40. The van der Waals surface area contributed by atoms with E-state index in [9.17, 15) is 9.18 Å². The van der Waals surface area contributed by atoms with E-state index in [1.54, 1.807) is 30.3 Å². The first kappa shape index (κ1) is 9.45. The van der Waals surface area contributed by atoms with Crippen molar-refractivity contribution in [3.05, 3.63) is 42.5 Å².